The Bertz CT molecular complexity index is 1570. The van der Waals surface area contributed by atoms with E-state index < -0.39 is 47.7 Å². The molecular weight excluding hydrogens is 602 g/mol. The molecule has 0 spiro atoms. The quantitative estimate of drug-likeness (QED) is 0.247. The van der Waals surface area contributed by atoms with Gasteiger partial charge in [-0.1, -0.05) is 41.6 Å². The molecule has 46 heavy (non-hydrogen) atoms. The molecule has 4 fully saturated rings. The molecule has 1 amide bonds. The molecular formula is C35H41F4N3O4. The van der Waals surface area contributed by atoms with Crippen molar-refractivity contribution in [3.63, 3.8) is 0 Å². The molecule has 0 unspecified atom stereocenters. The molecule has 7 rings (SSSR count). The van der Waals surface area contributed by atoms with E-state index in [4.69, 9.17) is 4.52 Å². The summed E-state index contributed by atoms with van der Waals surface area (Å²) >= 11 is 0. The molecule has 0 saturated heterocycles. The van der Waals surface area contributed by atoms with Crippen LogP contribution in [-0.2, 0) is 21.5 Å². The number of hydrogen-bond acceptors (Lipinski definition) is 6. The smallest absolute Gasteiger partial charge is 0.386 e. The molecule has 4 aliphatic rings. The summed E-state index contributed by atoms with van der Waals surface area (Å²) in [5.41, 5.74) is -3.18. The highest BCUT2D eigenvalue weighted by Crippen LogP contribution is 2.58. The normalized spacial score (nSPS) is 28.2. The molecule has 3 aromatic rings. The van der Waals surface area contributed by atoms with Gasteiger partial charge in [0.1, 0.15) is 0 Å². The summed E-state index contributed by atoms with van der Waals surface area (Å²) in [4.78, 5) is 20.1. The van der Waals surface area contributed by atoms with Crippen LogP contribution < -0.4 is 4.90 Å². The maximum absolute atomic E-state index is 14.5. The van der Waals surface area contributed by atoms with E-state index in [1.807, 2.05) is 42.5 Å². The molecule has 2 aromatic carbocycles. The molecule has 2 N–H and O–H groups in total. The van der Waals surface area contributed by atoms with Crippen LogP contribution in [0.4, 0.5) is 23.2 Å². The Morgan fingerprint density at radius 2 is 1.54 bits per heavy atom. The fourth-order valence-electron chi connectivity index (χ4n) is 7.45. The predicted octanol–water partition coefficient (Wildman–Crippen LogP) is 7.50. The van der Waals surface area contributed by atoms with Gasteiger partial charge in [-0.15, -0.1) is 0 Å². The number of aromatic nitrogens is 2. The first kappa shape index (κ1) is 32.6. The van der Waals surface area contributed by atoms with Crippen molar-refractivity contribution in [2.45, 2.75) is 108 Å². The van der Waals surface area contributed by atoms with Crippen LogP contribution in [0.25, 0.3) is 11.1 Å². The predicted molar refractivity (Wildman–Crippen MR) is 163 cm³/mol. The summed E-state index contributed by atoms with van der Waals surface area (Å²) in [7, 11) is 0. The highest BCUT2D eigenvalue weighted by Gasteiger charge is 2.63. The molecule has 4 saturated carbocycles. The van der Waals surface area contributed by atoms with Crippen molar-refractivity contribution in [3.8, 4) is 11.1 Å². The Kier molecular flexibility index (Phi) is 7.71. The van der Waals surface area contributed by atoms with Crippen molar-refractivity contribution in [2.24, 2.45) is 11.3 Å². The Hall–Kier alpha value is -3.31. The zero-order valence-electron chi connectivity index (χ0n) is 26.6. The van der Waals surface area contributed by atoms with Crippen LogP contribution in [0.5, 0.6) is 0 Å². The zero-order valence-corrected chi connectivity index (χ0v) is 26.6. The van der Waals surface area contributed by atoms with E-state index in [0.29, 0.717) is 18.1 Å². The summed E-state index contributed by atoms with van der Waals surface area (Å²) in [5.74, 6) is -0.914. The average Bonchev–Trinajstić information content (AvgIpc) is 3.51. The SMILES string of the molecule is CC(C)(O)c1ccc(-c2cccc(N(CC34CCC(c5noc(C(C)(C)F)n5)(CC3)CC4)C(=O)C3CC(O)(C(F)(F)F)C3)c2)cc1. The van der Waals surface area contributed by atoms with Gasteiger partial charge in [0.15, 0.2) is 17.1 Å². The third kappa shape index (κ3) is 5.85. The third-order valence-electron chi connectivity index (χ3n) is 10.7. The summed E-state index contributed by atoms with van der Waals surface area (Å²) in [5, 5.41) is 24.7. The Morgan fingerprint density at radius 1 is 0.935 bits per heavy atom. The standard InChI is InChI=1S/C35H41F4N3O4/c1-30(2,36)29-40-28(41-46-29)33-15-12-32(13-16-33,14-17-33)21-42(27(43)24-19-34(45,20-24)35(37,38)39)26-7-5-6-23(18-26)22-8-10-25(11-9-22)31(3,4)44/h5-11,18,24,44-45H,12-17,19-21H2,1-4H3. The van der Waals surface area contributed by atoms with Gasteiger partial charge in [0.2, 0.25) is 5.91 Å². The fourth-order valence-corrected chi connectivity index (χ4v) is 7.45. The van der Waals surface area contributed by atoms with Gasteiger partial charge in [0.05, 0.1) is 5.60 Å². The highest BCUT2D eigenvalue weighted by atomic mass is 19.4. The van der Waals surface area contributed by atoms with E-state index in [1.165, 1.54) is 13.8 Å². The second-order valence-electron chi connectivity index (χ2n) is 14.9. The lowest BCUT2D eigenvalue weighted by Crippen LogP contribution is -2.60. The van der Waals surface area contributed by atoms with Crippen LogP contribution in [0.2, 0.25) is 0 Å². The lowest BCUT2D eigenvalue weighted by Gasteiger charge is -2.54. The number of fused-ring (bicyclic) bond motifs is 3. The van der Waals surface area contributed by atoms with Crippen molar-refractivity contribution in [1.29, 1.82) is 0 Å². The average molecular weight is 644 g/mol. The number of alkyl halides is 4. The van der Waals surface area contributed by atoms with Gasteiger partial charge in [-0.25, -0.2) is 4.39 Å². The molecule has 2 bridgehead atoms. The lowest BCUT2D eigenvalue weighted by atomic mass is 9.53. The van der Waals surface area contributed by atoms with Gasteiger partial charge < -0.3 is 19.6 Å². The molecule has 248 valence electrons. The van der Waals surface area contributed by atoms with Crippen molar-refractivity contribution in [3.05, 3.63) is 65.8 Å². The molecule has 0 atom stereocenters. The maximum Gasteiger partial charge on any atom is 0.417 e. The van der Waals surface area contributed by atoms with Gasteiger partial charge in [-0.05, 0) is 113 Å². The number of anilines is 1. The molecule has 4 aliphatic carbocycles. The van der Waals surface area contributed by atoms with Crippen molar-refractivity contribution >= 4 is 11.6 Å². The van der Waals surface area contributed by atoms with Gasteiger partial charge in [0.25, 0.3) is 5.89 Å². The topological polar surface area (TPSA) is 99.7 Å². The van der Waals surface area contributed by atoms with Gasteiger partial charge in [-0.3, -0.25) is 4.79 Å². The van der Waals surface area contributed by atoms with Gasteiger partial charge in [0, 0.05) is 23.6 Å². The van der Waals surface area contributed by atoms with E-state index in [0.717, 1.165) is 55.2 Å². The first-order valence-corrected chi connectivity index (χ1v) is 15.9. The maximum atomic E-state index is 14.5. The van der Waals surface area contributed by atoms with Crippen LogP contribution >= 0.6 is 0 Å². The number of hydrogen-bond donors (Lipinski definition) is 2. The Balaban J connectivity index is 1.27. The first-order valence-electron chi connectivity index (χ1n) is 15.9. The lowest BCUT2D eigenvalue weighted by molar-refractivity contribution is -0.295. The minimum Gasteiger partial charge on any atom is -0.386 e. The molecule has 1 aromatic heterocycles. The summed E-state index contributed by atoms with van der Waals surface area (Å²) in [6, 6.07) is 14.9. The minimum atomic E-state index is -4.80. The molecule has 1 heterocycles. The van der Waals surface area contributed by atoms with Crippen LogP contribution in [0.3, 0.4) is 0 Å². The molecule has 0 radical (unpaired) electrons. The second-order valence-corrected chi connectivity index (χ2v) is 14.9. The Labute approximate surface area is 266 Å². The van der Waals surface area contributed by atoms with E-state index in [1.54, 1.807) is 24.8 Å². The van der Waals surface area contributed by atoms with E-state index in [2.05, 4.69) is 10.1 Å². The number of carbonyl (C=O) groups excluding carboxylic acids is 1. The summed E-state index contributed by atoms with van der Waals surface area (Å²) in [6.45, 7) is 6.49. The molecule has 0 aliphatic heterocycles. The number of nitrogens with zero attached hydrogens (tertiary/aromatic N) is 3. The largest absolute Gasteiger partial charge is 0.417 e. The fraction of sp³-hybridized carbons (Fsp3) is 0.571. The van der Waals surface area contributed by atoms with Crippen LogP contribution in [-0.4, -0.2) is 44.6 Å². The van der Waals surface area contributed by atoms with Crippen molar-refractivity contribution in [2.75, 3.05) is 11.4 Å². The van der Waals surface area contributed by atoms with Crippen LogP contribution in [0.15, 0.2) is 53.1 Å². The van der Waals surface area contributed by atoms with E-state index >= 15 is 0 Å². The number of carbonyl (C=O) groups is 1. The van der Waals surface area contributed by atoms with Gasteiger partial charge in [-0.2, -0.15) is 18.2 Å². The van der Waals surface area contributed by atoms with Crippen LogP contribution in [0, 0.1) is 11.3 Å². The highest BCUT2D eigenvalue weighted by molar-refractivity contribution is 5.96. The molecule has 11 heteroatoms. The number of amides is 1. The summed E-state index contributed by atoms with van der Waals surface area (Å²) in [6.07, 6.45) is -1.71. The monoisotopic (exact) mass is 643 g/mol. The number of benzene rings is 2. The third-order valence-corrected chi connectivity index (χ3v) is 10.7. The molecule has 7 nitrogen and oxygen atoms in total. The number of halogens is 4. The Morgan fingerprint density at radius 3 is 2.07 bits per heavy atom. The number of rotatable bonds is 8. The van der Waals surface area contributed by atoms with Crippen LogP contribution in [0.1, 0.15) is 96.3 Å². The minimum absolute atomic E-state index is 0.0510. The van der Waals surface area contributed by atoms with Crippen molar-refractivity contribution < 1.29 is 37.1 Å². The summed E-state index contributed by atoms with van der Waals surface area (Å²) < 4.78 is 60.2. The first-order chi connectivity index (χ1) is 21.3. The second kappa shape index (κ2) is 10.9. The number of aliphatic hydroxyl groups is 2. The van der Waals surface area contributed by atoms with Gasteiger partial charge >= 0.3 is 6.18 Å². The van der Waals surface area contributed by atoms with E-state index in [-0.39, 0.29) is 16.7 Å². The van der Waals surface area contributed by atoms with Crippen molar-refractivity contribution in [1.82, 2.24) is 10.1 Å². The van der Waals surface area contributed by atoms with E-state index in [9.17, 15) is 32.6 Å². The zero-order chi connectivity index (χ0) is 33.3.